The monoisotopic (exact) mass is 384 g/mol. The molecule has 2 amide bonds. The number of nitrogens with one attached hydrogen (secondary N) is 1. The van der Waals surface area contributed by atoms with Gasteiger partial charge in [0, 0.05) is 51.5 Å². The highest BCUT2D eigenvalue weighted by Crippen LogP contribution is 2.11. The van der Waals surface area contributed by atoms with E-state index in [1.54, 1.807) is 25.4 Å². The van der Waals surface area contributed by atoms with Crippen LogP contribution >= 0.6 is 12.4 Å². The van der Waals surface area contributed by atoms with E-state index in [0.717, 1.165) is 6.42 Å². The average molecular weight is 385 g/mol. The van der Waals surface area contributed by atoms with E-state index in [4.69, 9.17) is 5.73 Å². The lowest BCUT2D eigenvalue weighted by atomic mass is 9.96. The van der Waals surface area contributed by atoms with E-state index in [1.165, 1.54) is 0 Å². The Morgan fingerprint density at radius 1 is 1.23 bits per heavy atom. The molecule has 3 N–H and O–H groups in total. The van der Waals surface area contributed by atoms with Gasteiger partial charge in [-0.05, 0) is 19.4 Å². The van der Waals surface area contributed by atoms with Crippen molar-refractivity contribution in [2.24, 2.45) is 5.73 Å². The maximum Gasteiger partial charge on any atom is 0.239 e. The third-order valence-corrected chi connectivity index (χ3v) is 4.38. The predicted octanol–water partition coefficient (Wildman–Crippen LogP) is 0.571. The van der Waals surface area contributed by atoms with E-state index >= 15 is 0 Å². The Morgan fingerprint density at radius 3 is 2.42 bits per heavy atom. The lowest BCUT2D eigenvalue weighted by Gasteiger charge is -2.34. The van der Waals surface area contributed by atoms with Gasteiger partial charge in [-0.15, -0.1) is 12.4 Å². The van der Waals surface area contributed by atoms with Gasteiger partial charge in [-0.3, -0.25) is 9.59 Å². The summed E-state index contributed by atoms with van der Waals surface area (Å²) >= 11 is 0. The summed E-state index contributed by atoms with van der Waals surface area (Å²) < 4.78 is 0. The van der Waals surface area contributed by atoms with Gasteiger partial charge in [0.25, 0.3) is 0 Å². The van der Waals surface area contributed by atoms with Crippen molar-refractivity contribution in [3.8, 4) is 0 Å². The summed E-state index contributed by atoms with van der Waals surface area (Å²) in [6.07, 6.45) is 5.18. The molecule has 1 saturated heterocycles. The number of amides is 2. The van der Waals surface area contributed by atoms with Gasteiger partial charge in [0.1, 0.15) is 0 Å². The van der Waals surface area contributed by atoms with Crippen LogP contribution in [0.1, 0.15) is 33.1 Å². The minimum Gasteiger partial charge on any atom is -0.354 e. The average Bonchev–Trinajstić information content (AvgIpc) is 2.62. The van der Waals surface area contributed by atoms with E-state index in [2.05, 4.69) is 20.2 Å². The fourth-order valence-electron chi connectivity index (χ4n) is 2.89. The molecule has 1 unspecified atom stereocenters. The Kier molecular flexibility index (Phi) is 8.74. The third kappa shape index (κ3) is 6.10. The number of rotatable bonds is 7. The second kappa shape index (κ2) is 10.3. The predicted molar refractivity (Wildman–Crippen MR) is 103 cm³/mol. The number of hydrogen-bond acceptors (Lipinski definition) is 6. The summed E-state index contributed by atoms with van der Waals surface area (Å²) in [6.45, 7) is 6.71. The van der Waals surface area contributed by atoms with Gasteiger partial charge in [-0.25, -0.2) is 9.97 Å². The number of aromatic nitrogens is 2. The van der Waals surface area contributed by atoms with Gasteiger partial charge in [0.05, 0.1) is 5.54 Å². The lowest BCUT2D eigenvalue weighted by Crippen LogP contribution is -2.52. The first-order valence-electron chi connectivity index (χ1n) is 8.81. The molecule has 0 spiro atoms. The molecule has 26 heavy (non-hydrogen) atoms. The number of hydrogen-bond donors (Lipinski definition) is 2. The van der Waals surface area contributed by atoms with Crippen LogP contribution in [0, 0.1) is 0 Å². The van der Waals surface area contributed by atoms with Crippen LogP contribution in [0.15, 0.2) is 18.5 Å². The number of nitrogens with zero attached hydrogens (tertiary/aromatic N) is 4. The molecule has 9 heteroatoms. The van der Waals surface area contributed by atoms with E-state index in [0.29, 0.717) is 45.1 Å². The van der Waals surface area contributed by atoms with Crippen molar-refractivity contribution in [1.82, 2.24) is 20.2 Å². The summed E-state index contributed by atoms with van der Waals surface area (Å²) in [5.74, 6) is 0.538. The topological polar surface area (TPSA) is 104 Å². The van der Waals surface area contributed by atoms with Gasteiger partial charge >= 0.3 is 0 Å². The van der Waals surface area contributed by atoms with Crippen molar-refractivity contribution in [2.45, 2.75) is 38.6 Å². The minimum absolute atomic E-state index is 0. The van der Waals surface area contributed by atoms with Crippen molar-refractivity contribution in [3.63, 3.8) is 0 Å². The van der Waals surface area contributed by atoms with Gasteiger partial charge in [-0.1, -0.05) is 13.3 Å². The molecule has 8 nitrogen and oxygen atoms in total. The lowest BCUT2D eigenvalue weighted by molar-refractivity contribution is -0.131. The molecule has 0 aliphatic carbocycles. The molecule has 1 aliphatic heterocycles. The zero-order valence-corrected chi connectivity index (χ0v) is 16.3. The maximum absolute atomic E-state index is 12.3. The number of nitrogens with two attached hydrogens (primary N) is 1. The largest absolute Gasteiger partial charge is 0.354 e. The van der Waals surface area contributed by atoms with Crippen molar-refractivity contribution >= 4 is 30.2 Å². The highest BCUT2D eigenvalue weighted by Gasteiger charge is 2.27. The smallest absolute Gasteiger partial charge is 0.239 e. The first-order valence-corrected chi connectivity index (χ1v) is 8.81. The van der Waals surface area contributed by atoms with Crippen molar-refractivity contribution in [2.75, 3.05) is 37.6 Å². The summed E-state index contributed by atoms with van der Waals surface area (Å²) in [6, 6.07) is 1.78. The van der Waals surface area contributed by atoms with Crippen LogP contribution in [0.5, 0.6) is 0 Å². The number of carbonyl (C=O) groups excluding carboxylic acids is 2. The molecule has 1 fully saturated rings. The van der Waals surface area contributed by atoms with E-state index < -0.39 is 5.54 Å². The van der Waals surface area contributed by atoms with E-state index in [-0.39, 0.29) is 30.6 Å². The quantitative estimate of drug-likeness (QED) is 0.712. The van der Waals surface area contributed by atoms with Crippen LogP contribution in [0.25, 0.3) is 0 Å². The van der Waals surface area contributed by atoms with Crippen LogP contribution in [0.3, 0.4) is 0 Å². The zero-order chi connectivity index (χ0) is 18.3. The molecule has 1 aromatic heterocycles. The summed E-state index contributed by atoms with van der Waals surface area (Å²) in [5, 5.41) is 2.77. The fraction of sp³-hybridized carbons (Fsp3) is 0.647. The van der Waals surface area contributed by atoms with Crippen LogP contribution in [0.2, 0.25) is 0 Å². The van der Waals surface area contributed by atoms with Crippen LogP contribution in [0.4, 0.5) is 5.95 Å². The van der Waals surface area contributed by atoms with Gasteiger partial charge in [0.2, 0.25) is 17.8 Å². The standard InChI is InChI=1S/C17H28N6O2.ClH/c1-3-6-17(2,18)15(25)19-9-5-14(24)22-10-12-23(13-11-22)16-20-7-4-8-21-16;/h4,7-8H,3,5-6,9-13,18H2,1-2H3,(H,19,25);1H. The molecular weight excluding hydrogens is 356 g/mol. The molecule has 2 heterocycles. The van der Waals surface area contributed by atoms with E-state index in [9.17, 15) is 9.59 Å². The molecule has 1 aromatic rings. The SMILES string of the molecule is CCCC(C)(N)C(=O)NCCC(=O)N1CCN(c2ncccn2)CC1.Cl. The number of halogens is 1. The molecule has 0 saturated carbocycles. The second-order valence-corrected chi connectivity index (χ2v) is 6.59. The van der Waals surface area contributed by atoms with Gasteiger partial charge < -0.3 is 20.9 Å². The Hall–Kier alpha value is -1.93. The van der Waals surface area contributed by atoms with E-state index in [1.807, 2.05) is 11.8 Å². The molecule has 1 atom stereocenters. The zero-order valence-electron chi connectivity index (χ0n) is 15.5. The van der Waals surface area contributed by atoms with Crippen LogP contribution in [-0.2, 0) is 9.59 Å². The molecule has 0 bridgehead atoms. The Bertz CT molecular complexity index is 576. The Morgan fingerprint density at radius 2 is 1.85 bits per heavy atom. The fourth-order valence-corrected chi connectivity index (χ4v) is 2.89. The molecule has 1 aliphatic rings. The van der Waals surface area contributed by atoms with Crippen LogP contribution in [-0.4, -0.2) is 64.9 Å². The normalized spacial score (nSPS) is 16.4. The van der Waals surface area contributed by atoms with Crippen molar-refractivity contribution in [3.05, 3.63) is 18.5 Å². The highest BCUT2D eigenvalue weighted by molar-refractivity contribution is 5.86. The van der Waals surface area contributed by atoms with Crippen molar-refractivity contribution in [1.29, 1.82) is 0 Å². The molecular formula is C17H29ClN6O2. The maximum atomic E-state index is 12.3. The Labute approximate surface area is 160 Å². The highest BCUT2D eigenvalue weighted by atomic mass is 35.5. The second-order valence-electron chi connectivity index (χ2n) is 6.59. The summed E-state index contributed by atoms with van der Waals surface area (Å²) in [5.41, 5.74) is 5.10. The molecule has 146 valence electrons. The summed E-state index contributed by atoms with van der Waals surface area (Å²) in [7, 11) is 0. The third-order valence-electron chi connectivity index (χ3n) is 4.38. The molecule has 0 radical (unpaired) electrons. The first kappa shape index (κ1) is 22.1. The number of carbonyl (C=O) groups is 2. The number of anilines is 1. The van der Waals surface area contributed by atoms with Gasteiger partial charge in [0.15, 0.2) is 0 Å². The number of piperazine rings is 1. The molecule has 0 aromatic carbocycles. The van der Waals surface area contributed by atoms with Gasteiger partial charge in [-0.2, -0.15) is 0 Å². The Balaban J connectivity index is 0.00000338. The minimum atomic E-state index is -0.876. The summed E-state index contributed by atoms with van der Waals surface area (Å²) in [4.78, 5) is 36.7. The first-order chi connectivity index (χ1) is 11.9. The van der Waals surface area contributed by atoms with Crippen LogP contribution < -0.4 is 16.0 Å². The molecule has 2 rings (SSSR count). The van der Waals surface area contributed by atoms with Crippen molar-refractivity contribution < 1.29 is 9.59 Å².